The fourth-order valence-electron chi connectivity index (χ4n) is 2.11. The van der Waals surface area contributed by atoms with Crippen LogP contribution in [0.2, 0.25) is 3.93 Å². The number of hydrogen-bond donors (Lipinski definition) is 0. The molecule has 0 bridgehead atoms. The Hall–Kier alpha value is 0.799. The third-order valence-corrected chi connectivity index (χ3v) is 4.06. The van der Waals surface area contributed by atoms with Crippen molar-refractivity contribution >= 4 is 22.5 Å². The summed E-state index contributed by atoms with van der Waals surface area (Å²) in [5.41, 5.74) is 0. The topological polar surface area (TPSA) is 0 Å². The van der Waals surface area contributed by atoms with Crippen molar-refractivity contribution in [1.29, 1.82) is 0 Å². The van der Waals surface area contributed by atoms with Gasteiger partial charge in [0, 0.05) is 0 Å². The quantitative estimate of drug-likeness (QED) is 0.320. The summed E-state index contributed by atoms with van der Waals surface area (Å²) in [6.45, 7) is 4.66. The van der Waals surface area contributed by atoms with E-state index in [1.807, 2.05) is 0 Å². The average molecular weight is 330 g/mol. The Kier molecular flexibility index (Phi) is 14.6. The molecule has 1 unspecified atom stereocenters. The van der Waals surface area contributed by atoms with Gasteiger partial charge in [0.2, 0.25) is 0 Å². The molecule has 1 heteroatoms. The van der Waals surface area contributed by atoms with E-state index in [1.54, 1.807) is 22.5 Å². The van der Waals surface area contributed by atoms with Crippen molar-refractivity contribution in [3.05, 3.63) is 0 Å². The van der Waals surface area contributed by atoms with Gasteiger partial charge in [-0.2, -0.15) is 0 Å². The molecule has 0 rings (SSSR count). The minimum absolute atomic E-state index is 0.991. The number of hydrogen-bond acceptors (Lipinski definition) is 0. The van der Waals surface area contributed by atoms with Crippen LogP contribution in [0.5, 0.6) is 0 Å². The maximum absolute atomic E-state index is 2.37. The molecule has 0 spiro atoms. The average Bonchev–Trinajstić information content (AvgIpc) is 2.25. The van der Waals surface area contributed by atoms with Crippen LogP contribution in [0.25, 0.3) is 0 Å². The minimum atomic E-state index is 0.991. The van der Waals surface area contributed by atoms with Crippen LogP contribution in [0.1, 0.15) is 90.9 Å². The predicted octanol–water partition coefficient (Wildman–Crippen LogP) is 5.66. The van der Waals surface area contributed by atoms with Crippen LogP contribution in [0, 0.1) is 0 Å². The molecule has 0 aliphatic heterocycles. The van der Waals surface area contributed by atoms with E-state index in [-0.39, 0.29) is 0 Å². The van der Waals surface area contributed by atoms with Crippen molar-refractivity contribution in [2.24, 2.45) is 0 Å². The molecule has 0 saturated carbocycles. The van der Waals surface area contributed by atoms with Gasteiger partial charge in [-0.3, -0.25) is 0 Å². The molecule has 0 aliphatic rings. The third kappa shape index (κ3) is 14.8. The van der Waals surface area contributed by atoms with Gasteiger partial charge in [-0.15, -0.1) is 0 Å². The fraction of sp³-hybridized carbons (Fsp3) is 1.00. The SMILES string of the molecule is CCCCCCCCCCCCC[CH](C)[Sn]. The van der Waals surface area contributed by atoms with E-state index in [0.29, 0.717) is 0 Å². The van der Waals surface area contributed by atoms with Crippen LogP contribution in [0.4, 0.5) is 0 Å². The summed E-state index contributed by atoms with van der Waals surface area (Å²) in [4.78, 5) is 0. The Balaban J connectivity index is 2.88. The summed E-state index contributed by atoms with van der Waals surface area (Å²) in [7, 11) is 0. The van der Waals surface area contributed by atoms with Gasteiger partial charge < -0.3 is 0 Å². The molecular weight excluding hydrogens is 299 g/mol. The first-order valence-electron chi connectivity index (χ1n) is 7.48. The van der Waals surface area contributed by atoms with Crippen LogP contribution in [-0.4, -0.2) is 22.5 Å². The van der Waals surface area contributed by atoms with Gasteiger partial charge in [0.05, 0.1) is 0 Å². The summed E-state index contributed by atoms with van der Waals surface area (Å²) in [6, 6.07) is 0. The molecule has 0 aliphatic carbocycles. The Morgan fingerprint density at radius 3 is 1.44 bits per heavy atom. The van der Waals surface area contributed by atoms with Crippen LogP contribution >= 0.6 is 0 Å². The van der Waals surface area contributed by atoms with Gasteiger partial charge in [-0.1, -0.05) is 13.3 Å². The molecule has 0 aromatic carbocycles. The summed E-state index contributed by atoms with van der Waals surface area (Å²) < 4.78 is 0.991. The van der Waals surface area contributed by atoms with Crippen molar-refractivity contribution in [1.82, 2.24) is 0 Å². The predicted molar refractivity (Wildman–Crippen MR) is 76.3 cm³/mol. The van der Waals surface area contributed by atoms with Gasteiger partial charge in [-0.05, 0) is 0 Å². The second-order valence-electron chi connectivity index (χ2n) is 5.23. The van der Waals surface area contributed by atoms with Crippen LogP contribution in [0.15, 0.2) is 0 Å². The molecule has 0 heterocycles. The molecule has 0 saturated heterocycles. The summed E-state index contributed by atoms with van der Waals surface area (Å²) >= 11 is 1.72. The van der Waals surface area contributed by atoms with Gasteiger partial charge >= 0.3 is 104 Å². The first kappa shape index (κ1) is 16.8. The fourth-order valence-corrected chi connectivity index (χ4v) is 2.70. The van der Waals surface area contributed by atoms with E-state index >= 15 is 0 Å². The van der Waals surface area contributed by atoms with Gasteiger partial charge in [-0.25, -0.2) is 0 Å². The van der Waals surface area contributed by atoms with E-state index in [4.69, 9.17) is 0 Å². The summed E-state index contributed by atoms with van der Waals surface area (Å²) in [5.74, 6) is 0. The summed E-state index contributed by atoms with van der Waals surface area (Å²) in [6.07, 6.45) is 17.6. The normalized spacial score (nSPS) is 12.9. The summed E-state index contributed by atoms with van der Waals surface area (Å²) in [5, 5.41) is 0. The third-order valence-electron chi connectivity index (χ3n) is 3.24. The van der Waals surface area contributed by atoms with Crippen molar-refractivity contribution in [3.8, 4) is 0 Å². The number of rotatable bonds is 12. The van der Waals surface area contributed by atoms with Crippen LogP contribution in [0.3, 0.4) is 0 Å². The van der Waals surface area contributed by atoms with Crippen molar-refractivity contribution in [2.45, 2.75) is 94.8 Å². The van der Waals surface area contributed by atoms with Gasteiger partial charge in [0.15, 0.2) is 0 Å². The van der Waals surface area contributed by atoms with Crippen molar-refractivity contribution in [3.63, 3.8) is 0 Å². The van der Waals surface area contributed by atoms with E-state index < -0.39 is 0 Å². The van der Waals surface area contributed by atoms with E-state index in [1.165, 1.54) is 77.0 Å². The van der Waals surface area contributed by atoms with Gasteiger partial charge in [0.25, 0.3) is 0 Å². The molecule has 95 valence electrons. The molecule has 0 N–H and O–H groups in total. The second-order valence-corrected chi connectivity index (χ2v) is 8.04. The molecule has 0 aromatic rings. The van der Waals surface area contributed by atoms with Gasteiger partial charge in [0.1, 0.15) is 0 Å². The molecule has 0 aromatic heterocycles. The Morgan fingerprint density at radius 2 is 1.06 bits per heavy atom. The Bertz CT molecular complexity index is 121. The van der Waals surface area contributed by atoms with E-state index in [9.17, 15) is 0 Å². The maximum atomic E-state index is 2.37. The molecule has 0 fully saturated rings. The first-order chi connectivity index (χ1) is 7.77. The molecule has 0 amide bonds. The zero-order valence-electron chi connectivity index (χ0n) is 11.6. The number of unbranched alkanes of at least 4 members (excludes halogenated alkanes) is 10. The molecule has 1 atom stereocenters. The van der Waals surface area contributed by atoms with E-state index in [0.717, 1.165) is 3.93 Å². The van der Waals surface area contributed by atoms with E-state index in [2.05, 4.69) is 13.8 Å². The second kappa shape index (κ2) is 13.9. The Morgan fingerprint density at radius 1 is 0.688 bits per heavy atom. The van der Waals surface area contributed by atoms with Crippen LogP contribution < -0.4 is 0 Å². The van der Waals surface area contributed by atoms with Crippen molar-refractivity contribution in [2.75, 3.05) is 0 Å². The Labute approximate surface area is 117 Å². The van der Waals surface area contributed by atoms with Crippen LogP contribution in [-0.2, 0) is 0 Å². The molecule has 3 radical (unpaired) electrons. The standard InChI is InChI=1S/C15H31.Sn/c1-3-5-7-9-11-13-15-14-12-10-8-6-4-2;/h3H,4-15H2,1-2H3;. The first-order valence-corrected chi connectivity index (χ1v) is 9.13. The van der Waals surface area contributed by atoms with Crippen molar-refractivity contribution < 1.29 is 0 Å². The molecule has 16 heavy (non-hydrogen) atoms. The molecule has 0 nitrogen and oxygen atoms in total. The monoisotopic (exact) mass is 331 g/mol. The zero-order valence-corrected chi connectivity index (χ0v) is 14.4. The zero-order chi connectivity index (χ0) is 12.1. The molecular formula is C15H31Sn.